The predicted octanol–water partition coefficient (Wildman–Crippen LogP) is 0.505. The van der Waals surface area contributed by atoms with E-state index in [2.05, 4.69) is 15.7 Å². The average molecular weight is 655 g/mol. The number of carbonyl (C=O) groups excluding carboxylic acids is 6. The fourth-order valence-corrected chi connectivity index (χ4v) is 6.85. The standard InChI is InChI=1S/C28H26N6O9S2/c1-15(35)43-13-17-14-45-26-20(23(37)34(26)21(17)27(40)41)30-22(36)19(18-8-5-11-44-18)31-28(42)32-9-10-33(25(39)24(32)38)29-12-16-6-3-2-4-7-16/h2-8,11-12,19-20,26H,9-10,13-14H2,1H3,(H,30,36)(H,31,42)(H,40,41)/b29-12+/t19?,20-,26?/m0/s1. The zero-order valence-electron chi connectivity index (χ0n) is 23.6. The molecule has 234 valence electrons. The number of imide groups is 1. The fourth-order valence-electron chi connectivity index (χ4n) is 4.75. The minimum Gasteiger partial charge on any atom is -0.477 e. The average Bonchev–Trinajstić information content (AvgIpc) is 3.56. The fraction of sp³-hybridized carbons (Fsp3) is 0.286. The summed E-state index contributed by atoms with van der Waals surface area (Å²) in [6.45, 7) is 0.634. The number of nitrogens with zero attached hydrogens (tertiary/aromatic N) is 4. The molecular formula is C28H26N6O9S2. The van der Waals surface area contributed by atoms with Gasteiger partial charge in [0.25, 0.3) is 5.91 Å². The van der Waals surface area contributed by atoms with Crippen LogP contribution in [-0.4, -0.2) is 105 Å². The summed E-state index contributed by atoms with van der Waals surface area (Å²) in [7, 11) is 0. The van der Waals surface area contributed by atoms with Crippen LogP contribution in [0.5, 0.6) is 0 Å². The third kappa shape index (κ3) is 6.58. The van der Waals surface area contributed by atoms with Gasteiger partial charge in [0.2, 0.25) is 5.91 Å². The number of thiophene rings is 1. The van der Waals surface area contributed by atoms with Crippen molar-refractivity contribution >= 4 is 70.9 Å². The number of fused-ring (bicyclic) bond motifs is 1. The Morgan fingerprint density at radius 3 is 2.51 bits per heavy atom. The topological polar surface area (TPSA) is 195 Å². The lowest BCUT2D eigenvalue weighted by Gasteiger charge is -2.49. The molecule has 6 amide bonds. The summed E-state index contributed by atoms with van der Waals surface area (Å²) in [5, 5.41) is 20.8. The molecule has 2 saturated heterocycles. The molecule has 0 saturated carbocycles. The van der Waals surface area contributed by atoms with Crippen molar-refractivity contribution in [2.45, 2.75) is 24.4 Å². The number of amides is 6. The van der Waals surface area contributed by atoms with Gasteiger partial charge in [-0.3, -0.25) is 33.8 Å². The number of carbonyl (C=O) groups is 7. The number of piperazine rings is 1. The van der Waals surface area contributed by atoms with Gasteiger partial charge >= 0.3 is 29.8 Å². The molecule has 0 bridgehead atoms. The highest BCUT2D eigenvalue weighted by molar-refractivity contribution is 8.00. The number of urea groups is 1. The van der Waals surface area contributed by atoms with Crippen LogP contribution in [0.4, 0.5) is 4.79 Å². The van der Waals surface area contributed by atoms with Crippen molar-refractivity contribution in [3.63, 3.8) is 0 Å². The Bertz CT molecular complexity index is 1610. The van der Waals surface area contributed by atoms with Gasteiger partial charge in [-0.05, 0) is 17.0 Å². The summed E-state index contributed by atoms with van der Waals surface area (Å²) in [4.78, 5) is 90.6. The Morgan fingerprint density at radius 1 is 1.09 bits per heavy atom. The van der Waals surface area contributed by atoms with Crippen LogP contribution in [0.1, 0.15) is 23.4 Å². The molecule has 17 heteroatoms. The molecule has 2 unspecified atom stereocenters. The van der Waals surface area contributed by atoms with Crippen LogP contribution in [0, 0.1) is 0 Å². The molecule has 0 spiro atoms. The summed E-state index contributed by atoms with van der Waals surface area (Å²) in [5.41, 5.74) is 0.639. The maximum Gasteiger partial charge on any atom is 0.352 e. The van der Waals surface area contributed by atoms with Crippen LogP contribution in [0.3, 0.4) is 0 Å². The van der Waals surface area contributed by atoms with E-state index >= 15 is 0 Å². The Labute approximate surface area is 263 Å². The van der Waals surface area contributed by atoms with E-state index in [0.29, 0.717) is 15.3 Å². The minimum atomic E-state index is -1.38. The number of hydrogen-bond donors (Lipinski definition) is 3. The van der Waals surface area contributed by atoms with E-state index in [4.69, 9.17) is 4.74 Å². The Balaban J connectivity index is 1.25. The molecule has 0 radical (unpaired) electrons. The van der Waals surface area contributed by atoms with Gasteiger partial charge in [-0.25, -0.2) is 14.6 Å². The number of nitrogens with one attached hydrogen (secondary N) is 2. The van der Waals surface area contributed by atoms with Gasteiger partial charge in [0, 0.05) is 23.1 Å². The van der Waals surface area contributed by atoms with Gasteiger partial charge in [-0.15, -0.1) is 23.1 Å². The van der Waals surface area contributed by atoms with Gasteiger partial charge in [0.1, 0.15) is 29.8 Å². The van der Waals surface area contributed by atoms with Gasteiger partial charge in [0.05, 0.1) is 19.3 Å². The molecule has 3 aliphatic rings. The number of ether oxygens (including phenoxy) is 1. The van der Waals surface area contributed by atoms with Gasteiger partial charge < -0.3 is 20.5 Å². The number of carboxylic acid groups (broad SMARTS) is 1. The molecule has 45 heavy (non-hydrogen) atoms. The van der Waals surface area contributed by atoms with Crippen LogP contribution in [-0.2, 0) is 33.5 Å². The van der Waals surface area contributed by atoms with Crippen LogP contribution >= 0.6 is 23.1 Å². The Morgan fingerprint density at radius 2 is 1.84 bits per heavy atom. The summed E-state index contributed by atoms with van der Waals surface area (Å²) in [5.74, 6) is -5.47. The molecule has 2 fully saturated rings. The number of hydrogen-bond acceptors (Lipinski definition) is 11. The van der Waals surface area contributed by atoms with E-state index in [1.165, 1.54) is 24.9 Å². The molecule has 5 rings (SSSR count). The number of aliphatic carboxylic acids is 1. The number of esters is 1. The Kier molecular flexibility index (Phi) is 9.29. The molecule has 15 nitrogen and oxygen atoms in total. The second-order valence-corrected chi connectivity index (χ2v) is 12.0. The predicted molar refractivity (Wildman–Crippen MR) is 159 cm³/mol. The van der Waals surface area contributed by atoms with Gasteiger partial charge in [-0.2, -0.15) is 5.10 Å². The monoisotopic (exact) mass is 654 g/mol. The van der Waals surface area contributed by atoms with E-state index in [1.807, 2.05) is 6.07 Å². The van der Waals surface area contributed by atoms with Crippen molar-refractivity contribution in [3.05, 3.63) is 69.6 Å². The molecule has 4 heterocycles. The minimum absolute atomic E-state index is 0.0681. The quantitative estimate of drug-likeness (QED) is 0.148. The normalized spacial score (nSPS) is 20.5. The highest BCUT2D eigenvalue weighted by Crippen LogP contribution is 2.40. The Hall–Kier alpha value is -5.03. The van der Waals surface area contributed by atoms with Crippen LogP contribution in [0.25, 0.3) is 0 Å². The number of carboxylic acids is 1. The van der Waals surface area contributed by atoms with Crippen LogP contribution in [0.2, 0.25) is 0 Å². The van der Waals surface area contributed by atoms with Crippen LogP contribution < -0.4 is 10.6 Å². The smallest absolute Gasteiger partial charge is 0.352 e. The largest absolute Gasteiger partial charge is 0.477 e. The lowest BCUT2D eigenvalue weighted by atomic mass is 10.0. The van der Waals surface area contributed by atoms with Crippen molar-refractivity contribution in [3.8, 4) is 0 Å². The molecule has 3 atom stereocenters. The molecule has 1 aromatic heterocycles. The molecule has 3 N–H and O–H groups in total. The number of rotatable bonds is 9. The molecule has 3 aliphatic heterocycles. The van der Waals surface area contributed by atoms with E-state index in [1.54, 1.807) is 41.8 Å². The highest BCUT2D eigenvalue weighted by Gasteiger charge is 2.54. The van der Waals surface area contributed by atoms with E-state index in [-0.39, 0.29) is 36.7 Å². The van der Waals surface area contributed by atoms with E-state index in [0.717, 1.165) is 21.2 Å². The molecule has 2 aromatic rings. The van der Waals surface area contributed by atoms with E-state index < -0.39 is 59.1 Å². The first-order valence-electron chi connectivity index (χ1n) is 13.5. The first-order chi connectivity index (χ1) is 21.6. The first-order valence-corrected chi connectivity index (χ1v) is 15.4. The number of thioether (sulfide) groups is 1. The molecular weight excluding hydrogens is 628 g/mol. The second kappa shape index (κ2) is 13.3. The van der Waals surface area contributed by atoms with Gasteiger partial charge in [-0.1, -0.05) is 36.4 Å². The van der Waals surface area contributed by atoms with Crippen molar-refractivity contribution in [1.29, 1.82) is 0 Å². The third-order valence-electron chi connectivity index (χ3n) is 6.94. The second-order valence-electron chi connectivity index (χ2n) is 9.87. The molecule has 0 aliphatic carbocycles. The lowest BCUT2D eigenvalue weighted by molar-refractivity contribution is -0.153. The first kappa shape index (κ1) is 31.4. The zero-order chi connectivity index (χ0) is 32.2. The maximum atomic E-state index is 13.5. The highest BCUT2D eigenvalue weighted by atomic mass is 32.2. The summed E-state index contributed by atoms with van der Waals surface area (Å²) in [6.07, 6.45) is 1.42. The third-order valence-corrected chi connectivity index (χ3v) is 9.22. The maximum absolute atomic E-state index is 13.5. The van der Waals surface area contributed by atoms with E-state index in [9.17, 15) is 38.7 Å². The molecule has 1 aromatic carbocycles. The lowest BCUT2D eigenvalue weighted by Crippen LogP contribution is -2.71. The summed E-state index contributed by atoms with van der Waals surface area (Å²) >= 11 is 2.33. The summed E-state index contributed by atoms with van der Waals surface area (Å²) < 4.78 is 4.93. The van der Waals surface area contributed by atoms with Crippen molar-refractivity contribution in [1.82, 2.24) is 25.4 Å². The number of β-lactam (4-membered cyclic amide) rings is 1. The van der Waals surface area contributed by atoms with Gasteiger partial charge in [0.15, 0.2) is 0 Å². The number of hydrazone groups is 1. The van der Waals surface area contributed by atoms with Crippen LogP contribution in [0.15, 0.2) is 64.2 Å². The summed E-state index contributed by atoms with van der Waals surface area (Å²) in [6, 6.07) is 8.71. The van der Waals surface area contributed by atoms with Crippen molar-refractivity contribution < 1.29 is 43.4 Å². The van der Waals surface area contributed by atoms with Crippen molar-refractivity contribution in [2.75, 3.05) is 25.4 Å². The number of benzene rings is 1. The van der Waals surface area contributed by atoms with Crippen molar-refractivity contribution in [2.24, 2.45) is 5.10 Å². The zero-order valence-corrected chi connectivity index (χ0v) is 25.2. The SMILES string of the molecule is CC(=O)OCC1=C(C(=O)O)N2C(=O)[C@H](NC(=O)C(NC(=O)N3CCN(/N=C/c4ccccc4)C(=O)C3=O)c3cccs3)C2SC1.